The van der Waals surface area contributed by atoms with Crippen LogP contribution in [0.25, 0.3) is 0 Å². The number of amides is 2. The van der Waals surface area contributed by atoms with Crippen LogP contribution in [0, 0.1) is 11.8 Å². The van der Waals surface area contributed by atoms with Crippen LogP contribution < -0.4 is 0 Å². The van der Waals surface area contributed by atoms with Crippen molar-refractivity contribution in [3.63, 3.8) is 0 Å². The molecule has 1 aliphatic heterocycles. The molecule has 7 heteroatoms. The van der Waals surface area contributed by atoms with E-state index in [0.29, 0.717) is 31.8 Å². The molecular formula is C24H35N3O3S. The molecule has 0 spiro atoms. The van der Waals surface area contributed by atoms with E-state index in [2.05, 4.69) is 16.3 Å². The maximum absolute atomic E-state index is 13.6. The summed E-state index contributed by atoms with van der Waals surface area (Å²) in [5, 5.41) is -0.123. The second-order valence-corrected chi connectivity index (χ2v) is 12.3. The third-order valence-electron chi connectivity index (χ3n) is 7.60. The Hall–Kier alpha value is -1.76. The van der Waals surface area contributed by atoms with Crippen molar-refractivity contribution in [3.8, 4) is 0 Å². The molecule has 3 aliphatic rings. The van der Waals surface area contributed by atoms with Gasteiger partial charge in [0, 0.05) is 42.9 Å². The quantitative estimate of drug-likeness (QED) is 0.664. The molecule has 170 valence electrons. The summed E-state index contributed by atoms with van der Waals surface area (Å²) in [4.78, 5) is 32.3. The van der Waals surface area contributed by atoms with Crippen LogP contribution in [-0.2, 0) is 24.7 Å². The number of aromatic nitrogens is 1. The number of carbonyl (C=O) groups is 2. The first-order valence-electron chi connectivity index (χ1n) is 11.8. The van der Waals surface area contributed by atoms with Gasteiger partial charge in [-0.1, -0.05) is 32.3 Å². The van der Waals surface area contributed by atoms with Gasteiger partial charge in [0.1, 0.15) is 0 Å². The molecule has 31 heavy (non-hydrogen) atoms. The second-order valence-electron chi connectivity index (χ2n) is 9.70. The smallest absolute Gasteiger partial charge is 0.257 e. The largest absolute Gasteiger partial charge is 0.342 e. The highest BCUT2D eigenvalue weighted by atomic mass is 32.2. The molecule has 6 nitrogen and oxygen atoms in total. The van der Waals surface area contributed by atoms with Crippen LogP contribution in [-0.4, -0.2) is 50.5 Å². The lowest BCUT2D eigenvalue weighted by Gasteiger charge is -2.38. The Balaban J connectivity index is 1.41. The summed E-state index contributed by atoms with van der Waals surface area (Å²) in [5.74, 6) is 0.452. The lowest BCUT2D eigenvalue weighted by Crippen LogP contribution is -2.50. The van der Waals surface area contributed by atoms with Gasteiger partial charge in [0.2, 0.25) is 5.91 Å². The predicted molar refractivity (Wildman–Crippen MR) is 122 cm³/mol. The third-order valence-corrected chi connectivity index (χ3v) is 9.85. The van der Waals surface area contributed by atoms with Crippen LogP contribution in [0.15, 0.2) is 28.9 Å². The number of nitrogens with zero attached hydrogens (tertiary/aromatic N) is 3. The molecule has 0 bridgehead atoms. The van der Waals surface area contributed by atoms with Gasteiger partial charge >= 0.3 is 0 Å². The molecule has 0 N–H and O–H groups in total. The molecule has 2 heterocycles. The number of hydrogen-bond acceptors (Lipinski definition) is 4. The monoisotopic (exact) mass is 445 g/mol. The molecule has 2 amide bonds. The minimum atomic E-state index is -2.58. The number of hydrogen-bond donors (Lipinski definition) is 0. The Morgan fingerprint density at radius 1 is 1.26 bits per heavy atom. The highest BCUT2D eigenvalue weighted by Gasteiger charge is 2.46. The van der Waals surface area contributed by atoms with E-state index in [4.69, 9.17) is 0 Å². The van der Waals surface area contributed by atoms with Gasteiger partial charge in [0.05, 0.1) is 15.1 Å². The maximum Gasteiger partial charge on any atom is 0.257 e. The minimum Gasteiger partial charge on any atom is -0.342 e. The van der Waals surface area contributed by atoms with E-state index in [0.717, 1.165) is 50.5 Å². The molecule has 0 aromatic carbocycles. The number of likely N-dealkylation sites (tertiary alicyclic amines) is 1. The fourth-order valence-electron chi connectivity index (χ4n) is 5.61. The molecule has 4 rings (SSSR count). The maximum atomic E-state index is 13.6. The normalized spacial score (nSPS) is 27.5. The van der Waals surface area contributed by atoms with Crippen molar-refractivity contribution >= 4 is 21.5 Å². The van der Waals surface area contributed by atoms with Crippen molar-refractivity contribution in [3.05, 3.63) is 30.1 Å². The zero-order valence-electron chi connectivity index (χ0n) is 18.8. The van der Waals surface area contributed by atoms with Crippen molar-refractivity contribution in [2.24, 2.45) is 16.2 Å². The highest BCUT2D eigenvalue weighted by Crippen LogP contribution is 2.44. The van der Waals surface area contributed by atoms with Gasteiger partial charge in [-0.2, -0.15) is 4.36 Å². The molecule has 2 saturated carbocycles. The second kappa shape index (κ2) is 9.00. The van der Waals surface area contributed by atoms with Crippen LogP contribution in [0.3, 0.4) is 0 Å². The summed E-state index contributed by atoms with van der Waals surface area (Å²) >= 11 is 0. The Morgan fingerprint density at radius 3 is 2.58 bits per heavy atom. The van der Waals surface area contributed by atoms with Gasteiger partial charge in [-0.25, -0.2) is 4.21 Å². The van der Waals surface area contributed by atoms with E-state index in [1.165, 1.54) is 0 Å². The summed E-state index contributed by atoms with van der Waals surface area (Å²) in [6.07, 6.45) is 13.4. The lowest BCUT2D eigenvalue weighted by molar-refractivity contribution is -0.138. The van der Waals surface area contributed by atoms with Crippen molar-refractivity contribution in [1.82, 2.24) is 9.88 Å². The first kappa shape index (κ1) is 22.4. The molecule has 0 radical (unpaired) electrons. The summed E-state index contributed by atoms with van der Waals surface area (Å²) < 4.78 is 17.5. The van der Waals surface area contributed by atoms with Gasteiger partial charge < -0.3 is 4.90 Å². The van der Waals surface area contributed by atoms with Crippen molar-refractivity contribution in [2.45, 2.75) is 75.4 Å². The number of piperidine rings is 1. The van der Waals surface area contributed by atoms with Crippen molar-refractivity contribution in [2.75, 3.05) is 19.3 Å². The molecule has 1 aromatic rings. The zero-order chi connectivity index (χ0) is 22.1. The first-order valence-corrected chi connectivity index (χ1v) is 13.8. The average molecular weight is 446 g/mol. The van der Waals surface area contributed by atoms with E-state index in [9.17, 15) is 13.8 Å². The molecule has 2 aliphatic carbocycles. The van der Waals surface area contributed by atoms with Gasteiger partial charge in [-0.05, 0) is 56.1 Å². The molecule has 1 unspecified atom stereocenters. The summed E-state index contributed by atoms with van der Waals surface area (Å²) in [6, 6.07) is 3.93. The standard InChI is InChI=1S/C24H35N3O3S/c1-3-7-18-16-21(18)22(28)26-31(2,30)20-9-14-27(15-10-20)23(29)24(11-4-5-12-24)19-8-6-13-25-17-19/h6,8,13,17-18,20-21H,3-5,7,9-12,14-16H2,1-2H3/t18-,21-,31?/m1/s1. The van der Waals surface area contributed by atoms with E-state index >= 15 is 0 Å². The Morgan fingerprint density at radius 2 is 1.97 bits per heavy atom. The SMILES string of the molecule is CCC[C@@H]1C[C@H]1C(=O)N=S(C)(=O)C1CCN(C(=O)C2(c3cccnc3)CCCC2)CC1. The first-order chi connectivity index (χ1) is 14.9. The summed E-state index contributed by atoms with van der Waals surface area (Å²) in [7, 11) is -2.58. The van der Waals surface area contributed by atoms with Crippen molar-refractivity contribution in [1.29, 1.82) is 0 Å². The van der Waals surface area contributed by atoms with Gasteiger partial charge in [0.25, 0.3) is 5.91 Å². The van der Waals surface area contributed by atoms with E-state index in [1.807, 2.05) is 23.2 Å². The fraction of sp³-hybridized carbons (Fsp3) is 0.708. The average Bonchev–Trinajstić information content (AvgIpc) is 3.37. The van der Waals surface area contributed by atoms with Crippen molar-refractivity contribution < 1.29 is 13.8 Å². The Labute approximate surface area is 186 Å². The van der Waals surface area contributed by atoms with Crippen LogP contribution in [0.4, 0.5) is 0 Å². The molecule has 1 aromatic heterocycles. The number of rotatable bonds is 6. The minimum absolute atomic E-state index is 0.0101. The topological polar surface area (TPSA) is 79.7 Å². The number of pyridine rings is 1. The highest BCUT2D eigenvalue weighted by molar-refractivity contribution is 7.93. The van der Waals surface area contributed by atoms with Crippen LogP contribution in [0.1, 0.15) is 70.3 Å². The number of carbonyl (C=O) groups excluding carboxylic acids is 2. The Kier molecular flexibility index (Phi) is 6.52. The zero-order valence-corrected chi connectivity index (χ0v) is 19.6. The summed E-state index contributed by atoms with van der Waals surface area (Å²) in [5.41, 5.74) is 0.556. The molecule has 3 fully saturated rings. The fourth-order valence-corrected chi connectivity index (χ4v) is 7.34. The molecular weight excluding hydrogens is 410 g/mol. The predicted octanol–water partition coefficient (Wildman–Crippen LogP) is 3.95. The van der Waals surface area contributed by atoms with E-state index in [1.54, 1.807) is 12.5 Å². The molecule has 1 saturated heterocycles. The van der Waals surface area contributed by atoms with Crippen LogP contribution in [0.2, 0.25) is 0 Å². The lowest BCUT2D eigenvalue weighted by atomic mass is 9.78. The van der Waals surface area contributed by atoms with Gasteiger partial charge in [0.15, 0.2) is 0 Å². The van der Waals surface area contributed by atoms with Gasteiger partial charge in [-0.15, -0.1) is 0 Å². The van der Waals surface area contributed by atoms with Crippen LogP contribution >= 0.6 is 0 Å². The Bertz CT molecular complexity index is 925. The summed E-state index contributed by atoms with van der Waals surface area (Å²) in [6.45, 7) is 3.29. The third kappa shape index (κ3) is 4.57. The molecule has 3 atom stereocenters. The van der Waals surface area contributed by atoms with Crippen LogP contribution in [0.5, 0.6) is 0 Å². The van der Waals surface area contributed by atoms with E-state index < -0.39 is 15.1 Å². The van der Waals surface area contributed by atoms with E-state index in [-0.39, 0.29) is 23.0 Å². The van der Waals surface area contributed by atoms with Gasteiger partial charge in [-0.3, -0.25) is 14.6 Å².